The van der Waals surface area contributed by atoms with Gasteiger partial charge >= 0.3 is 0 Å². The fraction of sp³-hybridized carbons (Fsp3) is 0.267. The molecule has 200 valence electrons. The van der Waals surface area contributed by atoms with E-state index in [0.29, 0.717) is 17.7 Å². The second kappa shape index (κ2) is 13.4. The number of hydrogen-bond donors (Lipinski definition) is 1. The van der Waals surface area contributed by atoms with Gasteiger partial charge in [-0.3, -0.25) is 9.36 Å². The largest absolute Gasteiger partial charge is 0.489 e. The summed E-state index contributed by atoms with van der Waals surface area (Å²) in [6.07, 6.45) is 7.38. The van der Waals surface area contributed by atoms with Gasteiger partial charge < -0.3 is 4.74 Å². The zero-order valence-corrected chi connectivity index (χ0v) is 23.1. The average molecular weight is 560 g/mol. The number of aromatic nitrogens is 3. The van der Waals surface area contributed by atoms with Crippen LogP contribution in [0, 0.1) is 0 Å². The molecule has 4 aromatic rings. The second-order valence-electron chi connectivity index (χ2n) is 9.40. The van der Waals surface area contributed by atoms with Gasteiger partial charge in [0.05, 0.1) is 12.0 Å². The van der Waals surface area contributed by atoms with E-state index in [-0.39, 0.29) is 11.7 Å². The van der Waals surface area contributed by atoms with Crippen LogP contribution in [0.4, 0.5) is 0 Å². The maximum Gasteiger partial charge on any atom is 0.250 e. The van der Waals surface area contributed by atoms with Crippen molar-refractivity contribution in [3.8, 4) is 17.1 Å². The van der Waals surface area contributed by atoms with Gasteiger partial charge in [-0.05, 0) is 60.4 Å². The Bertz CT molecular complexity index is 1400. The predicted molar refractivity (Wildman–Crippen MR) is 156 cm³/mol. The molecule has 0 aliphatic heterocycles. The SMILES string of the molecule is O=C(CSc1nnc(-c2ccc(Cl)cc2)n1C1CCCCC1)NN=Cc1cccc(OCc2ccccc2)c1. The quantitative estimate of drug-likeness (QED) is 0.129. The van der Waals surface area contributed by atoms with Crippen molar-refractivity contribution in [1.29, 1.82) is 0 Å². The van der Waals surface area contributed by atoms with Gasteiger partial charge in [-0.15, -0.1) is 10.2 Å². The summed E-state index contributed by atoms with van der Waals surface area (Å²) in [5.41, 5.74) is 5.51. The van der Waals surface area contributed by atoms with Crippen molar-refractivity contribution in [3.63, 3.8) is 0 Å². The molecule has 1 aliphatic rings. The van der Waals surface area contributed by atoms with Crippen LogP contribution in [-0.4, -0.2) is 32.6 Å². The summed E-state index contributed by atoms with van der Waals surface area (Å²) in [6, 6.07) is 25.6. The first-order valence-electron chi connectivity index (χ1n) is 13.1. The lowest BCUT2D eigenvalue weighted by atomic mass is 9.95. The number of hydrazone groups is 1. The summed E-state index contributed by atoms with van der Waals surface area (Å²) in [7, 11) is 0. The fourth-order valence-corrected chi connectivity index (χ4v) is 5.53. The molecule has 0 bridgehead atoms. The molecule has 39 heavy (non-hydrogen) atoms. The molecule has 1 heterocycles. The second-order valence-corrected chi connectivity index (χ2v) is 10.8. The molecular formula is C30H30ClN5O2S. The Balaban J connectivity index is 1.19. The van der Waals surface area contributed by atoms with Crippen molar-refractivity contribution < 1.29 is 9.53 Å². The number of amides is 1. The van der Waals surface area contributed by atoms with Gasteiger partial charge in [0.25, 0.3) is 5.91 Å². The van der Waals surface area contributed by atoms with Gasteiger partial charge in [0.2, 0.25) is 0 Å². The fourth-order valence-electron chi connectivity index (χ4n) is 4.61. The third-order valence-electron chi connectivity index (χ3n) is 6.55. The van der Waals surface area contributed by atoms with E-state index in [1.165, 1.54) is 31.0 Å². The lowest BCUT2D eigenvalue weighted by molar-refractivity contribution is -0.118. The van der Waals surface area contributed by atoms with Crippen molar-refractivity contribution in [2.24, 2.45) is 5.10 Å². The van der Waals surface area contributed by atoms with Crippen molar-refractivity contribution in [2.45, 2.75) is 49.9 Å². The number of carbonyl (C=O) groups is 1. The van der Waals surface area contributed by atoms with Crippen LogP contribution in [0.5, 0.6) is 5.75 Å². The zero-order valence-electron chi connectivity index (χ0n) is 21.5. The number of benzene rings is 3. The number of rotatable bonds is 10. The van der Waals surface area contributed by atoms with Gasteiger partial charge in [-0.1, -0.05) is 85.1 Å². The number of ether oxygens (including phenoxy) is 1. The van der Waals surface area contributed by atoms with Crippen LogP contribution < -0.4 is 10.2 Å². The number of hydrogen-bond acceptors (Lipinski definition) is 6. The molecule has 0 saturated heterocycles. The number of thioether (sulfide) groups is 1. The van der Waals surface area contributed by atoms with Crippen molar-refractivity contribution in [3.05, 3.63) is 95.0 Å². The summed E-state index contributed by atoms with van der Waals surface area (Å²) in [5.74, 6) is 1.53. The van der Waals surface area contributed by atoms with Crippen molar-refractivity contribution in [1.82, 2.24) is 20.2 Å². The van der Waals surface area contributed by atoms with Crippen LogP contribution in [-0.2, 0) is 11.4 Å². The minimum atomic E-state index is -0.209. The Labute approximate surface area is 237 Å². The van der Waals surface area contributed by atoms with Gasteiger partial charge in [0, 0.05) is 16.6 Å². The summed E-state index contributed by atoms with van der Waals surface area (Å²) >= 11 is 7.47. The highest BCUT2D eigenvalue weighted by molar-refractivity contribution is 7.99. The summed E-state index contributed by atoms with van der Waals surface area (Å²) in [6.45, 7) is 0.487. The number of carbonyl (C=O) groups excluding carboxylic acids is 1. The molecule has 5 rings (SSSR count). The van der Waals surface area contributed by atoms with Crippen LogP contribution >= 0.6 is 23.4 Å². The van der Waals surface area contributed by atoms with Gasteiger partial charge in [0.15, 0.2) is 11.0 Å². The molecular weight excluding hydrogens is 530 g/mol. The normalized spacial score (nSPS) is 14.0. The highest BCUT2D eigenvalue weighted by Crippen LogP contribution is 2.35. The minimum absolute atomic E-state index is 0.184. The van der Waals surface area contributed by atoms with E-state index in [9.17, 15) is 4.79 Å². The van der Waals surface area contributed by atoms with E-state index in [0.717, 1.165) is 46.3 Å². The van der Waals surface area contributed by atoms with E-state index in [1.54, 1.807) is 6.21 Å². The Morgan fingerprint density at radius 1 is 1.03 bits per heavy atom. The minimum Gasteiger partial charge on any atom is -0.489 e. The molecule has 9 heteroatoms. The summed E-state index contributed by atoms with van der Waals surface area (Å²) < 4.78 is 8.07. The first-order valence-corrected chi connectivity index (χ1v) is 14.4. The lowest BCUT2D eigenvalue weighted by Gasteiger charge is -2.25. The van der Waals surface area contributed by atoms with Crippen molar-refractivity contribution >= 4 is 35.5 Å². The summed E-state index contributed by atoms with van der Waals surface area (Å²) in [5, 5.41) is 14.5. The van der Waals surface area contributed by atoms with Crippen LogP contribution in [0.2, 0.25) is 5.02 Å². The number of nitrogens with one attached hydrogen (secondary N) is 1. The predicted octanol–water partition coefficient (Wildman–Crippen LogP) is 6.93. The molecule has 1 saturated carbocycles. The molecule has 1 aliphatic carbocycles. The molecule has 1 fully saturated rings. The van der Waals surface area contributed by atoms with E-state index in [4.69, 9.17) is 16.3 Å². The topological polar surface area (TPSA) is 81.4 Å². The molecule has 1 N–H and O–H groups in total. The maximum absolute atomic E-state index is 12.6. The van der Waals surface area contributed by atoms with Crippen molar-refractivity contribution in [2.75, 3.05) is 5.75 Å². The van der Waals surface area contributed by atoms with Crippen LogP contribution in [0.1, 0.15) is 49.3 Å². The average Bonchev–Trinajstić information content (AvgIpc) is 3.41. The molecule has 0 radical (unpaired) electrons. The van der Waals surface area contributed by atoms with Crippen LogP contribution in [0.25, 0.3) is 11.4 Å². The molecule has 1 aromatic heterocycles. The molecule has 7 nitrogen and oxygen atoms in total. The molecule has 0 atom stereocenters. The molecule has 3 aromatic carbocycles. The van der Waals surface area contributed by atoms with Gasteiger partial charge in [-0.25, -0.2) is 5.43 Å². The summed E-state index contributed by atoms with van der Waals surface area (Å²) in [4.78, 5) is 12.6. The smallest absolute Gasteiger partial charge is 0.250 e. The first kappa shape index (κ1) is 27.0. The number of nitrogens with zero attached hydrogens (tertiary/aromatic N) is 4. The standard InChI is InChI=1S/C30H30ClN5O2S/c31-25-16-14-24(15-17-25)29-34-35-30(36(29)26-11-5-2-6-12-26)39-21-28(37)33-32-19-23-10-7-13-27(18-23)38-20-22-8-3-1-4-9-22/h1,3-4,7-10,13-19,26H,2,5-6,11-12,20-21H2,(H,33,37). The van der Waals surface area contributed by atoms with E-state index < -0.39 is 0 Å². The highest BCUT2D eigenvalue weighted by Gasteiger charge is 2.24. The van der Waals surface area contributed by atoms with Gasteiger partial charge in [0.1, 0.15) is 12.4 Å². The highest BCUT2D eigenvalue weighted by atomic mass is 35.5. The van der Waals surface area contributed by atoms with Crippen LogP contribution in [0.15, 0.2) is 89.1 Å². The lowest BCUT2D eigenvalue weighted by Crippen LogP contribution is -2.20. The first-order chi connectivity index (χ1) is 19.2. The third kappa shape index (κ3) is 7.49. The van der Waals surface area contributed by atoms with Gasteiger partial charge in [-0.2, -0.15) is 5.10 Å². The number of halogens is 1. The van der Waals surface area contributed by atoms with E-state index >= 15 is 0 Å². The Hall–Kier alpha value is -3.62. The Morgan fingerprint density at radius 2 is 1.82 bits per heavy atom. The third-order valence-corrected chi connectivity index (χ3v) is 7.74. The zero-order chi connectivity index (χ0) is 26.9. The maximum atomic E-state index is 12.6. The van der Waals surface area contributed by atoms with E-state index in [2.05, 4.69) is 25.3 Å². The van der Waals surface area contributed by atoms with E-state index in [1.807, 2.05) is 78.9 Å². The monoisotopic (exact) mass is 559 g/mol. The molecule has 1 amide bonds. The molecule has 0 unspecified atom stereocenters. The molecule has 0 spiro atoms. The Kier molecular flexibility index (Phi) is 9.30. The van der Waals surface area contributed by atoms with Crippen LogP contribution in [0.3, 0.4) is 0 Å². The Morgan fingerprint density at radius 3 is 2.62 bits per heavy atom.